The molecule has 5 rings (SSSR count). The van der Waals surface area contributed by atoms with Gasteiger partial charge < -0.3 is 58.7 Å². The molecule has 40 heavy (non-hydrogen) atoms. The van der Waals surface area contributed by atoms with Crippen LogP contribution >= 0.6 is 0 Å². The Morgan fingerprint density at radius 2 is 1.70 bits per heavy atom. The molecule has 2 aliphatic rings. The molecule has 13 nitrogen and oxygen atoms in total. The predicted molar refractivity (Wildman–Crippen MR) is 136 cm³/mol. The van der Waals surface area contributed by atoms with Gasteiger partial charge in [-0.25, -0.2) is 0 Å². The van der Waals surface area contributed by atoms with Gasteiger partial charge in [-0.1, -0.05) is 12.1 Å². The van der Waals surface area contributed by atoms with Gasteiger partial charge in [0.2, 0.25) is 0 Å². The Hall–Kier alpha value is -3.11. The minimum Gasteiger partial charge on any atom is -0.497 e. The van der Waals surface area contributed by atoms with Crippen molar-refractivity contribution in [1.82, 2.24) is 0 Å². The third kappa shape index (κ3) is 5.43. The number of benzene rings is 2. The van der Waals surface area contributed by atoms with Gasteiger partial charge in [-0.15, -0.1) is 0 Å². The zero-order chi connectivity index (χ0) is 28.6. The van der Waals surface area contributed by atoms with E-state index in [2.05, 4.69) is 0 Å². The molecule has 0 bridgehead atoms. The summed E-state index contributed by atoms with van der Waals surface area (Å²) in [5.74, 6) is 0.920. The number of ether oxygens (including phenoxy) is 5. The lowest BCUT2D eigenvalue weighted by molar-refractivity contribution is -0.297. The van der Waals surface area contributed by atoms with Crippen LogP contribution in [0.2, 0.25) is 0 Å². The molecule has 0 saturated carbocycles. The van der Waals surface area contributed by atoms with Crippen LogP contribution in [0.3, 0.4) is 0 Å². The fraction of sp³-hybridized carbons (Fsp3) is 0.444. The summed E-state index contributed by atoms with van der Waals surface area (Å²) in [7, 11) is 1.55. The van der Waals surface area contributed by atoms with Gasteiger partial charge in [0.15, 0.2) is 23.6 Å². The molecule has 0 spiro atoms. The summed E-state index contributed by atoms with van der Waals surface area (Å²) >= 11 is 0. The first-order valence-electron chi connectivity index (χ1n) is 12.5. The molecule has 2 aliphatic heterocycles. The highest BCUT2D eigenvalue weighted by Gasteiger charge is 2.50. The molecule has 0 radical (unpaired) electrons. The van der Waals surface area contributed by atoms with Gasteiger partial charge in [-0.3, -0.25) is 4.79 Å². The molecule has 216 valence electrons. The molecule has 2 saturated heterocycles. The Bertz CT molecular complexity index is 1380. The van der Waals surface area contributed by atoms with Crippen LogP contribution in [-0.2, 0) is 14.2 Å². The van der Waals surface area contributed by atoms with Crippen LogP contribution in [0.25, 0.3) is 22.1 Å². The summed E-state index contributed by atoms with van der Waals surface area (Å²) in [6, 6.07) is 11.5. The lowest BCUT2D eigenvalue weighted by Crippen LogP contribution is -2.59. The number of aliphatic hydroxyl groups excluding tert-OH is 5. The Balaban J connectivity index is 1.21. The van der Waals surface area contributed by atoms with Gasteiger partial charge >= 0.3 is 0 Å². The van der Waals surface area contributed by atoms with Crippen LogP contribution in [-0.4, -0.2) is 106 Å². The fourth-order valence-electron chi connectivity index (χ4n) is 4.56. The van der Waals surface area contributed by atoms with E-state index in [-0.39, 0.29) is 23.4 Å². The summed E-state index contributed by atoms with van der Waals surface area (Å²) in [6.07, 6.45) is -9.46. The molecule has 3 heterocycles. The molecule has 13 heteroatoms. The van der Waals surface area contributed by atoms with Crippen molar-refractivity contribution in [2.45, 2.75) is 48.7 Å². The Kier molecular flexibility index (Phi) is 8.10. The van der Waals surface area contributed by atoms with E-state index in [0.29, 0.717) is 22.3 Å². The number of hydrogen-bond donors (Lipinski definition) is 6. The van der Waals surface area contributed by atoms with Gasteiger partial charge in [-0.2, -0.15) is 0 Å². The topological polar surface area (TPSA) is 198 Å². The minimum absolute atomic E-state index is 0.238. The molecule has 8 unspecified atom stereocenters. The maximum atomic E-state index is 13.0. The second-order valence-corrected chi connectivity index (χ2v) is 9.75. The average Bonchev–Trinajstić information content (AvgIpc) is 3.25. The largest absolute Gasteiger partial charge is 0.497 e. The highest BCUT2D eigenvalue weighted by molar-refractivity contribution is 5.82. The van der Waals surface area contributed by atoms with E-state index in [1.54, 1.807) is 31.4 Å². The maximum Gasteiger partial charge on any atom is 0.200 e. The van der Waals surface area contributed by atoms with Gasteiger partial charge in [0.25, 0.3) is 0 Å². The fourth-order valence-corrected chi connectivity index (χ4v) is 4.56. The van der Waals surface area contributed by atoms with Gasteiger partial charge in [0.05, 0.1) is 31.3 Å². The number of hydrogen-bond acceptors (Lipinski definition) is 13. The maximum absolute atomic E-state index is 13.0. The van der Waals surface area contributed by atoms with Crippen molar-refractivity contribution in [2.24, 2.45) is 0 Å². The van der Waals surface area contributed by atoms with E-state index in [4.69, 9.17) is 28.1 Å². The summed E-state index contributed by atoms with van der Waals surface area (Å²) in [4.78, 5) is 13.0. The van der Waals surface area contributed by atoms with E-state index in [9.17, 15) is 35.4 Å². The molecule has 2 aromatic carbocycles. The summed E-state index contributed by atoms with van der Waals surface area (Å²) in [5, 5.41) is 60.9. The van der Waals surface area contributed by atoms with Crippen LogP contribution < -0.4 is 14.9 Å². The van der Waals surface area contributed by atoms with E-state index in [1.807, 2.05) is 0 Å². The van der Waals surface area contributed by atoms with Crippen molar-refractivity contribution in [2.75, 3.05) is 26.9 Å². The van der Waals surface area contributed by atoms with Crippen molar-refractivity contribution in [3.63, 3.8) is 0 Å². The zero-order valence-corrected chi connectivity index (χ0v) is 21.3. The summed E-state index contributed by atoms with van der Waals surface area (Å²) in [6.45, 7) is -1.19. The first kappa shape index (κ1) is 28.4. The second-order valence-electron chi connectivity index (χ2n) is 9.75. The number of fused-ring (bicyclic) bond motifs is 1. The van der Waals surface area contributed by atoms with Gasteiger partial charge in [-0.05, 0) is 29.8 Å². The van der Waals surface area contributed by atoms with Crippen molar-refractivity contribution in [3.8, 4) is 22.6 Å². The molecule has 1 aromatic heterocycles. The number of rotatable bonds is 8. The van der Waals surface area contributed by atoms with Gasteiger partial charge in [0.1, 0.15) is 60.5 Å². The monoisotopic (exact) mass is 562 g/mol. The van der Waals surface area contributed by atoms with Crippen molar-refractivity contribution in [3.05, 3.63) is 59.0 Å². The van der Waals surface area contributed by atoms with E-state index >= 15 is 0 Å². The van der Waals surface area contributed by atoms with E-state index in [1.165, 1.54) is 24.5 Å². The first-order chi connectivity index (χ1) is 19.1. The van der Waals surface area contributed by atoms with Crippen LogP contribution in [0, 0.1) is 0 Å². The van der Waals surface area contributed by atoms with Crippen LogP contribution in [0.4, 0.5) is 0 Å². The SMILES string of the molecule is COc1ccc(-c2coc3cc(OCC4(O)COC(OCC5OC(O)C(O)C(O)C5O)C4O)ccc3c2=O)cc1. The highest BCUT2D eigenvalue weighted by atomic mass is 16.7. The molecule has 2 fully saturated rings. The molecule has 6 N–H and O–H groups in total. The van der Waals surface area contributed by atoms with Crippen molar-refractivity contribution >= 4 is 11.0 Å². The normalized spacial score (nSPS) is 32.3. The van der Waals surface area contributed by atoms with Crippen molar-refractivity contribution < 1.29 is 58.7 Å². The van der Waals surface area contributed by atoms with E-state index in [0.717, 1.165) is 0 Å². The minimum atomic E-state index is -1.88. The third-order valence-electron chi connectivity index (χ3n) is 7.05. The smallest absolute Gasteiger partial charge is 0.200 e. The molecular formula is C27H30O13. The Morgan fingerprint density at radius 1 is 0.975 bits per heavy atom. The lowest BCUT2D eigenvalue weighted by Gasteiger charge is -2.38. The van der Waals surface area contributed by atoms with Crippen molar-refractivity contribution in [1.29, 1.82) is 0 Å². The van der Waals surface area contributed by atoms with Crippen LogP contribution in [0.5, 0.6) is 11.5 Å². The quantitative estimate of drug-likeness (QED) is 0.198. The predicted octanol–water partition coefficient (Wildman–Crippen LogP) is -0.888. The summed E-state index contributed by atoms with van der Waals surface area (Å²) < 4.78 is 32.3. The molecule has 0 amide bonds. The average molecular weight is 563 g/mol. The third-order valence-corrected chi connectivity index (χ3v) is 7.05. The number of methoxy groups -OCH3 is 1. The van der Waals surface area contributed by atoms with Crippen LogP contribution in [0.15, 0.2) is 57.9 Å². The standard InChI is InChI=1S/C27H30O13/c1-35-14-4-2-13(3-5-14)17-9-36-18-8-15(6-7-16(18)20(17)28)38-11-27(34)12-39-26(24(27)32)37-10-19-21(29)22(30)23(31)25(33)40-19/h2-9,19,21-26,29-34H,10-12H2,1H3. The molecule has 3 aromatic rings. The highest BCUT2D eigenvalue weighted by Crippen LogP contribution is 2.30. The zero-order valence-electron chi connectivity index (χ0n) is 21.3. The second kappa shape index (κ2) is 11.4. The van der Waals surface area contributed by atoms with E-state index < -0.39 is 61.9 Å². The van der Waals surface area contributed by atoms with Gasteiger partial charge in [0, 0.05) is 6.07 Å². The number of aliphatic hydroxyl groups is 6. The lowest BCUT2D eigenvalue weighted by atomic mass is 9.99. The molecule has 8 atom stereocenters. The molecule has 0 aliphatic carbocycles. The van der Waals surface area contributed by atoms with Crippen LogP contribution in [0.1, 0.15) is 0 Å². The summed E-state index contributed by atoms with van der Waals surface area (Å²) in [5.41, 5.74) is -0.809. The Morgan fingerprint density at radius 3 is 2.42 bits per heavy atom. The first-order valence-corrected chi connectivity index (χ1v) is 12.5. The molecular weight excluding hydrogens is 532 g/mol. The Labute approximate surface area is 227 Å².